The number of nitrogens with one attached hydrogen (secondary N) is 1. The Bertz CT molecular complexity index is 547. The first-order chi connectivity index (χ1) is 9.76. The molecular formula is C17H23N3. The molecule has 1 heterocycles. The van der Waals surface area contributed by atoms with Gasteiger partial charge in [0.1, 0.15) is 11.6 Å². The van der Waals surface area contributed by atoms with Gasteiger partial charge in [-0.1, -0.05) is 45.0 Å². The number of aryl methyl sites for hydroxylation is 2. The summed E-state index contributed by atoms with van der Waals surface area (Å²) in [5.41, 5.74) is 3.50. The molecule has 0 aliphatic heterocycles. The number of hydrogen-bond acceptors (Lipinski definition) is 3. The lowest BCUT2D eigenvalue weighted by molar-refractivity contribution is 0.919. The first kappa shape index (κ1) is 14.5. The van der Waals surface area contributed by atoms with Gasteiger partial charge >= 0.3 is 0 Å². The molecule has 1 aromatic carbocycles. The summed E-state index contributed by atoms with van der Waals surface area (Å²) in [5.74, 6) is 1.81. The van der Waals surface area contributed by atoms with Gasteiger partial charge in [0.25, 0.3) is 0 Å². The summed E-state index contributed by atoms with van der Waals surface area (Å²) in [7, 11) is 0. The van der Waals surface area contributed by atoms with Crippen LogP contribution in [0.25, 0.3) is 11.3 Å². The fourth-order valence-corrected chi connectivity index (χ4v) is 2.06. The third kappa shape index (κ3) is 3.56. The van der Waals surface area contributed by atoms with Crippen molar-refractivity contribution in [2.24, 2.45) is 0 Å². The summed E-state index contributed by atoms with van der Waals surface area (Å²) in [6.07, 6.45) is 3.00. The van der Waals surface area contributed by atoms with Gasteiger partial charge in [-0.3, -0.25) is 0 Å². The Labute approximate surface area is 121 Å². The first-order valence-corrected chi connectivity index (χ1v) is 7.48. The average molecular weight is 269 g/mol. The molecule has 2 rings (SSSR count). The molecule has 0 aliphatic carbocycles. The lowest BCUT2D eigenvalue weighted by atomic mass is 10.1. The maximum absolute atomic E-state index is 4.63. The third-order valence-electron chi connectivity index (χ3n) is 3.30. The van der Waals surface area contributed by atoms with E-state index in [2.05, 4.69) is 60.3 Å². The second-order valence-electron chi connectivity index (χ2n) is 4.89. The summed E-state index contributed by atoms with van der Waals surface area (Å²) < 4.78 is 0. The molecule has 106 valence electrons. The van der Waals surface area contributed by atoms with Crippen molar-refractivity contribution in [1.29, 1.82) is 0 Å². The topological polar surface area (TPSA) is 37.8 Å². The van der Waals surface area contributed by atoms with Gasteiger partial charge < -0.3 is 5.32 Å². The predicted octanol–water partition coefficient (Wildman–Crippen LogP) is 4.09. The molecule has 0 fully saturated rings. The van der Waals surface area contributed by atoms with Gasteiger partial charge in [-0.25, -0.2) is 9.97 Å². The fraction of sp³-hybridized carbons (Fsp3) is 0.412. The van der Waals surface area contributed by atoms with Crippen molar-refractivity contribution in [3.05, 3.63) is 41.7 Å². The summed E-state index contributed by atoms with van der Waals surface area (Å²) in [5, 5.41) is 3.35. The van der Waals surface area contributed by atoms with Gasteiger partial charge in [-0.05, 0) is 18.4 Å². The van der Waals surface area contributed by atoms with Crippen LogP contribution in [0.5, 0.6) is 0 Å². The summed E-state index contributed by atoms with van der Waals surface area (Å²) in [4.78, 5) is 9.16. The molecule has 0 unspecified atom stereocenters. The van der Waals surface area contributed by atoms with Gasteiger partial charge in [0.15, 0.2) is 0 Å². The Morgan fingerprint density at radius 2 is 1.70 bits per heavy atom. The van der Waals surface area contributed by atoms with Crippen molar-refractivity contribution in [2.45, 2.75) is 40.0 Å². The van der Waals surface area contributed by atoms with Crippen LogP contribution >= 0.6 is 0 Å². The van der Waals surface area contributed by atoms with E-state index in [0.29, 0.717) is 0 Å². The van der Waals surface area contributed by atoms with E-state index in [-0.39, 0.29) is 0 Å². The highest BCUT2D eigenvalue weighted by molar-refractivity contribution is 5.62. The minimum atomic E-state index is 0.849. The van der Waals surface area contributed by atoms with Crippen molar-refractivity contribution in [1.82, 2.24) is 9.97 Å². The van der Waals surface area contributed by atoms with Crippen LogP contribution in [0.4, 0.5) is 5.82 Å². The van der Waals surface area contributed by atoms with Crippen LogP contribution in [0.1, 0.15) is 38.6 Å². The molecule has 0 bridgehead atoms. The zero-order chi connectivity index (χ0) is 14.4. The standard InChI is InChI=1S/C17H23N3/c1-4-11-18-17-12-15(19-16(6-3)20-17)14-9-7-13(5-2)8-10-14/h7-10,12H,4-6,11H2,1-3H3,(H,18,19,20). The lowest BCUT2D eigenvalue weighted by Crippen LogP contribution is -2.05. The second-order valence-corrected chi connectivity index (χ2v) is 4.89. The van der Waals surface area contributed by atoms with Gasteiger partial charge in [-0.15, -0.1) is 0 Å². The maximum atomic E-state index is 4.63. The molecule has 0 saturated heterocycles. The number of hydrogen-bond donors (Lipinski definition) is 1. The summed E-state index contributed by atoms with van der Waals surface area (Å²) in [6.45, 7) is 7.35. The average Bonchev–Trinajstić information content (AvgIpc) is 2.52. The Morgan fingerprint density at radius 3 is 2.30 bits per heavy atom. The van der Waals surface area contributed by atoms with Crippen molar-refractivity contribution < 1.29 is 0 Å². The Hall–Kier alpha value is -1.90. The predicted molar refractivity (Wildman–Crippen MR) is 85.0 cm³/mol. The minimum absolute atomic E-state index is 0.849. The highest BCUT2D eigenvalue weighted by atomic mass is 15.0. The molecular weight excluding hydrogens is 246 g/mol. The van der Waals surface area contributed by atoms with Gasteiger partial charge in [0.05, 0.1) is 5.69 Å². The smallest absolute Gasteiger partial charge is 0.131 e. The number of nitrogens with zero attached hydrogens (tertiary/aromatic N) is 2. The van der Waals surface area contributed by atoms with Crippen molar-refractivity contribution in [3.8, 4) is 11.3 Å². The van der Waals surface area contributed by atoms with Crippen LogP contribution in [-0.2, 0) is 12.8 Å². The van der Waals surface area contributed by atoms with Gasteiger partial charge in [0, 0.05) is 24.6 Å². The third-order valence-corrected chi connectivity index (χ3v) is 3.30. The van der Waals surface area contributed by atoms with E-state index in [9.17, 15) is 0 Å². The highest BCUT2D eigenvalue weighted by Crippen LogP contribution is 2.21. The van der Waals surface area contributed by atoms with E-state index < -0.39 is 0 Å². The Balaban J connectivity index is 2.33. The van der Waals surface area contributed by atoms with E-state index in [4.69, 9.17) is 0 Å². The summed E-state index contributed by atoms with van der Waals surface area (Å²) >= 11 is 0. The molecule has 0 spiro atoms. The van der Waals surface area contributed by atoms with Crippen LogP contribution in [0, 0.1) is 0 Å². The Morgan fingerprint density at radius 1 is 0.950 bits per heavy atom. The van der Waals surface area contributed by atoms with E-state index in [1.807, 2.05) is 6.07 Å². The Kier molecular flexibility index (Phi) is 5.10. The lowest BCUT2D eigenvalue weighted by Gasteiger charge is -2.09. The maximum Gasteiger partial charge on any atom is 0.131 e. The number of rotatable bonds is 6. The molecule has 0 atom stereocenters. The monoisotopic (exact) mass is 269 g/mol. The molecule has 0 aliphatic rings. The largest absolute Gasteiger partial charge is 0.370 e. The number of anilines is 1. The molecule has 0 amide bonds. The quantitative estimate of drug-likeness (QED) is 0.858. The molecule has 20 heavy (non-hydrogen) atoms. The molecule has 3 heteroatoms. The van der Waals surface area contributed by atoms with Gasteiger partial charge in [0.2, 0.25) is 0 Å². The molecule has 1 aromatic heterocycles. The van der Waals surface area contributed by atoms with Crippen LogP contribution in [0.2, 0.25) is 0 Å². The molecule has 0 saturated carbocycles. The fourth-order valence-electron chi connectivity index (χ4n) is 2.06. The second kappa shape index (κ2) is 7.04. The molecule has 1 N–H and O–H groups in total. The SMILES string of the molecule is CCCNc1cc(-c2ccc(CC)cc2)nc(CC)n1. The van der Waals surface area contributed by atoms with E-state index in [1.165, 1.54) is 5.56 Å². The van der Waals surface area contributed by atoms with Crippen LogP contribution in [0.3, 0.4) is 0 Å². The van der Waals surface area contributed by atoms with Gasteiger partial charge in [-0.2, -0.15) is 0 Å². The number of benzene rings is 1. The van der Waals surface area contributed by atoms with Crippen LogP contribution in [0.15, 0.2) is 30.3 Å². The van der Waals surface area contributed by atoms with Crippen molar-refractivity contribution in [3.63, 3.8) is 0 Å². The minimum Gasteiger partial charge on any atom is -0.370 e. The first-order valence-electron chi connectivity index (χ1n) is 7.48. The van der Waals surface area contributed by atoms with Crippen molar-refractivity contribution >= 4 is 5.82 Å². The van der Waals surface area contributed by atoms with Crippen LogP contribution in [-0.4, -0.2) is 16.5 Å². The zero-order valence-corrected chi connectivity index (χ0v) is 12.6. The van der Waals surface area contributed by atoms with E-state index in [0.717, 1.165) is 48.7 Å². The number of aromatic nitrogens is 2. The van der Waals surface area contributed by atoms with Crippen LogP contribution < -0.4 is 5.32 Å². The van der Waals surface area contributed by atoms with E-state index in [1.54, 1.807) is 0 Å². The zero-order valence-electron chi connectivity index (χ0n) is 12.6. The normalized spacial score (nSPS) is 10.6. The highest BCUT2D eigenvalue weighted by Gasteiger charge is 2.05. The van der Waals surface area contributed by atoms with Crippen molar-refractivity contribution in [2.75, 3.05) is 11.9 Å². The summed E-state index contributed by atoms with van der Waals surface area (Å²) in [6, 6.07) is 10.7. The molecule has 2 aromatic rings. The van der Waals surface area contributed by atoms with E-state index >= 15 is 0 Å². The molecule has 0 radical (unpaired) electrons. The molecule has 3 nitrogen and oxygen atoms in total.